The molecule has 0 bridgehead atoms. The van der Waals surface area contributed by atoms with Crippen molar-refractivity contribution in [2.24, 2.45) is 11.3 Å². The van der Waals surface area contributed by atoms with Gasteiger partial charge in [0.15, 0.2) is 0 Å². The zero-order valence-corrected chi connectivity index (χ0v) is 21.0. The summed E-state index contributed by atoms with van der Waals surface area (Å²) in [4.78, 5) is 28.3. The van der Waals surface area contributed by atoms with Crippen LogP contribution in [-0.2, 0) is 22.4 Å². The molecular formula is C27H38N4O2. The largest absolute Gasteiger partial charge is 0.344 e. The van der Waals surface area contributed by atoms with Gasteiger partial charge < -0.3 is 9.47 Å². The Bertz CT molecular complexity index is 1040. The molecule has 6 heteroatoms. The minimum absolute atomic E-state index is 0.0130. The molecule has 4 rings (SSSR count). The maximum Gasteiger partial charge on any atom is 0.233 e. The van der Waals surface area contributed by atoms with Crippen molar-refractivity contribution in [1.29, 1.82) is 0 Å². The first-order chi connectivity index (χ1) is 15.5. The second-order valence-electron chi connectivity index (χ2n) is 11.4. The Morgan fingerprint density at radius 3 is 2.52 bits per heavy atom. The van der Waals surface area contributed by atoms with E-state index in [1.165, 1.54) is 5.56 Å². The zero-order valence-electron chi connectivity index (χ0n) is 21.0. The fourth-order valence-electron chi connectivity index (χ4n) is 5.10. The molecule has 6 nitrogen and oxygen atoms in total. The van der Waals surface area contributed by atoms with Gasteiger partial charge in [0, 0.05) is 32.5 Å². The normalized spacial score (nSPS) is 21.2. The van der Waals surface area contributed by atoms with Gasteiger partial charge in [-0.1, -0.05) is 44.5 Å². The number of carbonyl (C=O) groups excluding carboxylic acids is 2. The molecule has 0 radical (unpaired) electrons. The molecule has 0 unspecified atom stereocenters. The van der Waals surface area contributed by atoms with Crippen LogP contribution < -0.4 is 0 Å². The average Bonchev–Trinajstić information content (AvgIpc) is 3.40. The van der Waals surface area contributed by atoms with Gasteiger partial charge in [0.2, 0.25) is 5.91 Å². The minimum atomic E-state index is -0.681. The molecule has 33 heavy (non-hydrogen) atoms. The fourth-order valence-corrected chi connectivity index (χ4v) is 5.10. The Hall–Kier alpha value is -2.50. The number of Topliss-reactive ketones (excluding diaryl/α,β-unsaturated/α-hetero) is 1. The summed E-state index contributed by atoms with van der Waals surface area (Å²) in [7, 11) is 1.79. The van der Waals surface area contributed by atoms with Crippen LogP contribution in [0.1, 0.15) is 86.8 Å². The van der Waals surface area contributed by atoms with E-state index in [1.54, 1.807) is 11.9 Å². The van der Waals surface area contributed by atoms with Gasteiger partial charge in [-0.15, -0.1) is 10.2 Å². The van der Waals surface area contributed by atoms with E-state index in [2.05, 4.69) is 41.6 Å². The Kier molecular flexibility index (Phi) is 6.47. The van der Waals surface area contributed by atoms with E-state index in [9.17, 15) is 9.59 Å². The molecule has 178 valence electrons. The van der Waals surface area contributed by atoms with Gasteiger partial charge >= 0.3 is 0 Å². The topological polar surface area (TPSA) is 68.1 Å². The summed E-state index contributed by atoms with van der Waals surface area (Å²) in [5.74, 6) is 0.833. The Morgan fingerprint density at radius 2 is 1.88 bits per heavy atom. The molecule has 2 atom stereocenters. The number of carbonyl (C=O) groups is 2. The molecule has 1 aliphatic carbocycles. The first-order valence-corrected chi connectivity index (χ1v) is 12.3. The van der Waals surface area contributed by atoms with Crippen LogP contribution >= 0.6 is 0 Å². The van der Waals surface area contributed by atoms with E-state index in [-0.39, 0.29) is 24.0 Å². The van der Waals surface area contributed by atoms with Gasteiger partial charge in [-0.25, -0.2) is 0 Å². The lowest BCUT2D eigenvalue weighted by atomic mass is 9.86. The van der Waals surface area contributed by atoms with Gasteiger partial charge in [0.1, 0.15) is 23.3 Å². The summed E-state index contributed by atoms with van der Waals surface area (Å²) < 4.78 is 2.27. The summed E-state index contributed by atoms with van der Waals surface area (Å²) >= 11 is 0. The minimum Gasteiger partial charge on any atom is -0.344 e. The molecule has 2 fully saturated rings. The molecule has 1 aromatic carbocycles. The number of benzene rings is 1. The highest BCUT2D eigenvalue weighted by atomic mass is 16.2. The highest BCUT2D eigenvalue weighted by Crippen LogP contribution is 2.42. The first-order valence-electron chi connectivity index (χ1n) is 12.3. The monoisotopic (exact) mass is 450 g/mol. The maximum atomic E-state index is 13.5. The predicted molar refractivity (Wildman–Crippen MR) is 129 cm³/mol. The summed E-state index contributed by atoms with van der Waals surface area (Å²) in [5, 5.41) is 9.16. The van der Waals surface area contributed by atoms with E-state index in [0.717, 1.165) is 54.9 Å². The molecule has 2 aromatic rings. The molecule has 0 spiro atoms. The fraction of sp³-hybridized carbons (Fsp3) is 0.630. The molecule has 1 saturated heterocycles. The van der Waals surface area contributed by atoms with E-state index in [0.29, 0.717) is 18.0 Å². The number of ketones is 1. The van der Waals surface area contributed by atoms with Crippen LogP contribution in [0.5, 0.6) is 0 Å². The molecule has 2 heterocycles. The van der Waals surface area contributed by atoms with Crippen molar-refractivity contribution in [2.75, 3.05) is 13.6 Å². The van der Waals surface area contributed by atoms with Crippen LogP contribution in [0.25, 0.3) is 0 Å². The molecular weight excluding hydrogens is 412 g/mol. The van der Waals surface area contributed by atoms with E-state index in [1.807, 2.05) is 26.0 Å². The second kappa shape index (κ2) is 9.03. The lowest BCUT2D eigenvalue weighted by molar-refractivity contribution is -0.136. The summed E-state index contributed by atoms with van der Waals surface area (Å²) in [5.41, 5.74) is 3.56. The number of hydrogen-bond donors (Lipinski definition) is 0. The van der Waals surface area contributed by atoms with Crippen LogP contribution in [0.4, 0.5) is 0 Å². The Morgan fingerprint density at radius 1 is 1.15 bits per heavy atom. The molecule has 0 N–H and O–H groups in total. The molecule has 1 aromatic heterocycles. The van der Waals surface area contributed by atoms with Crippen LogP contribution in [0, 0.1) is 25.2 Å². The van der Waals surface area contributed by atoms with E-state index >= 15 is 0 Å². The summed E-state index contributed by atoms with van der Waals surface area (Å²) in [6.07, 6.45) is 5.60. The van der Waals surface area contributed by atoms with Crippen molar-refractivity contribution in [3.63, 3.8) is 0 Å². The third kappa shape index (κ3) is 5.20. The highest BCUT2D eigenvalue weighted by Gasteiger charge is 2.47. The third-order valence-electron chi connectivity index (χ3n) is 7.09. The number of hydrogen-bond acceptors (Lipinski definition) is 4. The second-order valence-corrected chi connectivity index (χ2v) is 11.4. The van der Waals surface area contributed by atoms with Crippen LogP contribution in [0.3, 0.4) is 0 Å². The standard InChI is InChI=1S/C27H38N4O2/c1-17-9-10-19(18(2)14-17)15-22(32)24-21(16-30(6)26(24)33)25-29-28-23(31(25)20-11-12-20)8-7-13-27(3,4)5/h9-10,14,20-21,24H,7-8,11-13,15-16H2,1-6H3/t21-,24-/m0/s1. The Balaban J connectivity index is 1.59. The van der Waals surface area contributed by atoms with Gasteiger partial charge in [-0.3, -0.25) is 9.59 Å². The number of amides is 1. The Labute approximate surface area is 197 Å². The number of aryl methyl sites for hydroxylation is 3. The first kappa shape index (κ1) is 23.7. The highest BCUT2D eigenvalue weighted by molar-refractivity contribution is 6.04. The molecule has 1 saturated carbocycles. The zero-order chi connectivity index (χ0) is 23.9. The number of nitrogens with zero attached hydrogens (tertiary/aromatic N) is 4. The van der Waals surface area contributed by atoms with Gasteiger partial charge in [0.05, 0.1) is 5.92 Å². The smallest absolute Gasteiger partial charge is 0.233 e. The number of likely N-dealkylation sites (N-methyl/N-ethyl adjacent to an activating group) is 1. The van der Waals surface area contributed by atoms with Gasteiger partial charge in [0.25, 0.3) is 0 Å². The van der Waals surface area contributed by atoms with Crippen molar-refractivity contribution in [3.8, 4) is 0 Å². The van der Waals surface area contributed by atoms with Crippen molar-refractivity contribution >= 4 is 11.7 Å². The van der Waals surface area contributed by atoms with Crippen LogP contribution in [0.2, 0.25) is 0 Å². The van der Waals surface area contributed by atoms with Crippen molar-refractivity contribution in [1.82, 2.24) is 19.7 Å². The molecule has 1 amide bonds. The lowest BCUT2D eigenvalue weighted by Gasteiger charge is -2.19. The average molecular weight is 451 g/mol. The van der Waals surface area contributed by atoms with Gasteiger partial charge in [-0.2, -0.15) is 0 Å². The van der Waals surface area contributed by atoms with Crippen molar-refractivity contribution in [3.05, 3.63) is 46.5 Å². The maximum absolute atomic E-state index is 13.5. The lowest BCUT2D eigenvalue weighted by Crippen LogP contribution is -2.30. The number of aromatic nitrogens is 3. The van der Waals surface area contributed by atoms with E-state index in [4.69, 9.17) is 0 Å². The third-order valence-corrected chi connectivity index (χ3v) is 7.09. The van der Waals surface area contributed by atoms with Crippen LogP contribution in [-0.4, -0.2) is 44.9 Å². The van der Waals surface area contributed by atoms with Gasteiger partial charge in [-0.05, 0) is 56.1 Å². The summed E-state index contributed by atoms with van der Waals surface area (Å²) in [6.45, 7) is 11.4. The van der Waals surface area contributed by atoms with E-state index < -0.39 is 5.92 Å². The predicted octanol–water partition coefficient (Wildman–Crippen LogP) is 4.58. The SMILES string of the molecule is Cc1ccc(CC(=O)[C@H]2C(=O)N(C)C[C@@H]2c2nnc(CCCC(C)(C)C)n2C2CC2)c(C)c1. The van der Waals surface area contributed by atoms with Crippen molar-refractivity contribution < 1.29 is 9.59 Å². The van der Waals surface area contributed by atoms with Crippen molar-refractivity contribution in [2.45, 2.75) is 85.1 Å². The molecule has 2 aliphatic rings. The quantitative estimate of drug-likeness (QED) is 0.552. The van der Waals surface area contributed by atoms with Crippen LogP contribution in [0.15, 0.2) is 18.2 Å². The number of likely N-dealkylation sites (tertiary alicyclic amines) is 1. The molecule has 1 aliphatic heterocycles. The summed E-state index contributed by atoms with van der Waals surface area (Å²) in [6, 6.07) is 6.55. The number of rotatable bonds is 8.